The van der Waals surface area contributed by atoms with E-state index in [-0.39, 0.29) is 5.91 Å². The second kappa shape index (κ2) is 7.40. The molecule has 1 saturated heterocycles. The number of carbonyl (C=O) groups is 1. The number of rotatable bonds is 6. The van der Waals surface area contributed by atoms with Crippen LogP contribution < -0.4 is 5.32 Å². The molecular formula is C14H25N5O. The standard InChI is InChI=1S/C14H25N5O/c1-12-16-11-13(17-12)14(20)15-5-3-4-6-19-9-7-18(2)8-10-19/h11H,3-10H2,1-2H3,(H,15,20)(H,16,17). The molecule has 2 heterocycles. The zero-order chi connectivity index (χ0) is 14.4. The lowest BCUT2D eigenvalue weighted by Gasteiger charge is -2.32. The van der Waals surface area contributed by atoms with Gasteiger partial charge in [-0.05, 0) is 33.4 Å². The van der Waals surface area contributed by atoms with Crippen LogP contribution in [-0.4, -0.2) is 72.0 Å². The van der Waals surface area contributed by atoms with E-state index in [0.717, 1.165) is 57.9 Å². The molecule has 0 aliphatic carbocycles. The quantitative estimate of drug-likeness (QED) is 0.743. The molecule has 0 radical (unpaired) electrons. The van der Waals surface area contributed by atoms with E-state index in [1.807, 2.05) is 6.92 Å². The average molecular weight is 279 g/mol. The molecular weight excluding hydrogens is 254 g/mol. The zero-order valence-corrected chi connectivity index (χ0v) is 12.5. The van der Waals surface area contributed by atoms with Gasteiger partial charge in [0.1, 0.15) is 11.5 Å². The lowest BCUT2D eigenvalue weighted by Crippen LogP contribution is -2.44. The maximum Gasteiger partial charge on any atom is 0.269 e. The lowest BCUT2D eigenvalue weighted by molar-refractivity contribution is 0.0947. The highest BCUT2D eigenvalue weighted by Crippen LogP contribution is 2.01. The molecule has 6 nitrogen and oxygen atoms in total. The van der Waals surface area contributed by atoms with E-state index in [1.54, 1.807) is 6.20 Å². The molecule has 0 unspecified atom stereocenters. The highest BCUT2D eigenvalue weighted by atomic mass is 16.1. The summed E-state index contributed by atoms with van der Waals surface area (Å²) in [5.41, 5.74) is 0.543. The molecule has 0 bridgehead atoms. The first kappa shape index (κ1) is 15.0. The molecule has 0 spiro atoms. The van der Waals surface area contributed by atoms with Crippen LogP contribution in [0, 0.1) is 6.92 Å². The first-order chi connectivity index (χ1) is 9.65. The minimum absolute atomic E-state index is 0.0646. The molecule has 6 heteroatoms. The van der Waals surface area contributed by atoms with Crippen LogP contribution in [0.15, 0.2) is 6.20 Å². The van der Waals surface area contributed by atoms with Crippen molar-refractivity contribution in [2.45, 2.75) is 19.8 Å². The minimum Gasteiger partial charge on any atom is -0.351 e. The molecule has 0 saturated carbocycles. The van der Waals surface area contributed by atoms with Crippen LogP contribution in [0.2, 0.25) is 0 Å². The van der Waals surface area contributed by atoms with Crippen molar-refractivity contribution in [2.75, 3.05) is 46.3 Å². The number of nitrogens with zero attached hydrogens (tertiary/aromatic N) is 3. The average Bonchev–Trinajstić information content (AvgIpc) is 2.87. The van der Waals surface area contributed by atoms with Gasteiger partial charge in [-0.1, -0.05) is 0 Å². The first-order valence-electron chi connectivity index (χ1n) is 7.36. The Morgan fingerprint density at radius 2 is 2.10 bits per heavy atom. The van der Waals surface area contributed by atoms with Crippen molar-refractivity contribution in [1.82, 2.24) is 25.1 Å². The monoisotopic (exact) mass is 279 g/mol. The largest absolute Gasteiger partial charge is 0.351 e. The molecule has 20 heavy (non-hydrogen) atoms. The summed E-state index contributed by atoms with van der Waals surface area (Å²) in [6, 6.07) is 0. The summed E-state index contributed by atoms with van der Waals surface area (Å²) in [5, 5.41) is 2.92. The fraction of sp³-hybridized carbons (Fsp3) is 0.714. The molecule has 112 valence electrons. The molecule has 2 N–H and O–H groups in total. The van der Waals surface area contributed by atoms with Gasteiger partial charge in [-0.25, -0.2) is 4.98 Å². The SMILES string of the molecule is Cc1ncc(C(=O)NCCCCN2CCN(C)CC2)[nH]1. The number of H-pyrrole nitrogens is 1. The van der Waals surface area contributed by atoms with Crippen LogP contribution in [0.25, 0.3) is 0 Å². The van der Waals surface area contributed by atoms with Crippen molar-refractivity contribution in [2.24, 2.45) is 0 Å². The Balaban J connectivity index is 1.54. The van der Waals surface area contributed by atoms with Gasteiger partial charge in [0.05, 0.1) is 6.20 Å². The normalized spacial score (nSPS) is 17.3. The van der Waals surface area contributed by atoms with Crippen LogP contribution in [0.1, 0.15) is 29.2 Å². The number of piperazine rings is 1. The number of hydrogen-bond donors (Lipinski definition) is 2. The van der Waals surface area contributed by atoms with Crippen molar-refractivity contribution >= 4 is 5.91 Å². The van der Waals surface area contributed by atoms with Gasteiger partial charge in [0.15, 0.2) is 0 Å². The summed E-state index contributed by atoms with van der Waals surface area (Å²) in [7, 11) is 2.17. The topological polar surface area (TPSA) is 64.3 Å². The number of unbranched alkanes of at least 4 members (excludes halogenated alkanes) is 1. The first-order valence-corrected chi connectivity index (χ1v) is 7.36. The Morgan fingerprint density at radius 3 is 2.75 bits per heavy atom. The molecule has 1 amide bonds. The molecule has 1 aromatic heterocycles. The number of amides is 1. The van der Waals surface area contributed by atoms with Crippen molar-refractivity contribution < 1.29 is 4.79 Å². The van der Waals surface area contributed by atoms with Gasteiger partial charge in [-0.3, -0.25) is 4.79 Å². The Morgan fingerprint density at radius 1 is 1.35 bits per heavy atom. The van der Waals surface area contributed by atoms with Crippen LogP contribution in [-0.2, 0) is 0 Å². The van der Waals surface area contributed by atoms with Gasteiger partial charge in [0, 0.05) is 32.7 Å². The molecule has 1 fully saturated rings. The maximum absolute atomic E-state index is 11.8. The lowest BCUT2D eigenvalue weighted by atomic mass is 10.2. The van der Waals surface area contributed by atoms with E-state index >= 15 is 0 Å². The molecule has 0 aromatic carbocycles. The second-order valence-electron chi connectivity index (χ2n) is 5.49. The third-order valence-electron chi connectivity index (χ3n) is 3.73. The third-order valence-corrected chi connectivity index (χ3v) is 3.73. The van der Waals surface area contributed by atoms with E-state index in [0.29, 0.717) is 5.69 Å². The Bertz CT molecular complexity index is 423. The highest BCUT2D eigenvalue weighted by Gasteiger charge is 2.12. The maximum atomic E-state index is 11.8. The van der Waals surface area contributed by atoms with E-state index < -0.39 is 0 Å². The highest BCUT2D eigenvalue weighted by molar-refractivity contribution is 5.92. The molecule has 1 aliphatic rings. The molecule has 2 rings (SSSR count). The summed E-state index contributed by atoms with van der Waals surface area (Å²) >= 11 is 0. The predicted molar refractivity (Wildman–Crippen MR) is 78.8 cm³/mol. The van der Waals surface area contributed by atoms with Crippen LogP contribution in [0.4, 0.5) is 0 Å². The zero-order valence-electron chi connectivity index (χ0n) is 12.5. The number of hydrogen-bond acceptors (Lipinski definition) is 4. The van der Waals surface area contributed by atoms with Gasteiger partial charge in [-0.15, -0.1) is 0 Å². The van der Waals surface area contributed by atoms with Gasteiger partial charge < -0.3 is 20.1 Å². The van der Waals surface area contributed by atoms with Crippen molar-refractivity contribution in [3.05, 3.63) is 17.7 Å². The van der Waals surface area contributed by atoms with Gasteiger partial charge in [0.2, 0.25) is 0 Å². The van der Waals surface area contributed by atoms with Crippen LogP contribution >= 0.6 is 0 Å². The summed E-state index contributed by atoms with van der Waals surface area (Å²) in [4.78, 5) is 23.6. The summed E-state index contributed by atoms with van der Waals surface area (Å²) in [6.45, 7) is 8.35. The molecule has 1 aromatic rings. The van der Waals surface area contributed by atoms with Crippen molar-refractivity contribution in [3.8, 4) is 0 Å². The predicted octanol–water partition coefficient (Wildman–Crippen LogP) is 0.476. The molecule has 1 aliphatic heterocycles. The van der Waals surface area contributed by atoms with E-state index in [1.165, 1.54) is 0 Å². The van der Waals surface area contributed by atoms with E-state index in [9.17, 15) is 4.79 Å². The smallest absolute Gasteiger partial charge is 0.269 e. The van der Waals surface area contributed by atoms with Crippen molar-refractivity contribution in [3.63, 3.8) is 0 Å². The van der Waals surface area contributed by atoms with Gasteiger partial charge >= 0.3 is 0 Å². The second-order valence-corrected chi connectivity index (χ2v) is 5.49. The van der Waals surface area contributed by atoms with Gasteiger partial charge in [0.25, 0.3) is 5.91 Å². The Hall–Kier alpha value is -1.40. The van der Waals surface area contributed by atoms with Gasteiger partial charge in [-0.2, -0.15) is 0 Å². The number of nitrogens with one attached hydrogen (secondary N) is 2. The Labute approximate surface area is 120 Å². The number of carbonyl (C=O) groups excluding carboxylic acids is 1. The van der Waals surface area contributed by atoms with Crippen molar-refractivity contribution in [1.29, 1.82) is 0 Å². The number of aromatic amines is 1. The fourth-order valence-corrected chi connectivity index (χ4v) is 2.37. The number of aromatic nitrogens is 2. The van der Waals surface area contributed by atoms with Crippen LogP contribution in [0.5, 0.6) is 0 Å². The van der Waals surface area contributed by atoms with E-state index in [4.69, 9.17) is 0 Å². The summed E-state index contributed by atoms with van der Waals surface area (Å²) in [5.74, 6) is 0.704. The van der Waals surface area contributed by atoms with E-state index in [2.05, 4.69) is 32.1 Å². The summed E-state index contributed by atoms with van der Waals surface area (Å²) in [6.07, 6.45) is 3.73. The summed E-state index contributed by atoms with van der Waals surface area (Å²) < 4.78 is 0. The minimum atomic E-state index is -0.0646. The fourth-order valence-electron chi connectivity index (χ4n) is 2.37. The number of aryl methyl sites for hydroxylation is 1. The number of likely N-dealkylation sites (N-methyl/N-ethyl adjacent to an activating group) is 1. The van der Waals surface area contributed by atoms with Crippen LogP contribution in [0.3, 0.4) is 0 Å². The number of imidazole rings is 1. The molecule has 0 atom stereocenters. The Kier molecular flexibility index (Phi) is 5.55. The third kappa shape index (κ3) is 4.61.